The molecule has 3 saturated heterocycles. The highest BCUT2D eigenvalue weighted by Gasteiger charge is 2.60. The van der Waals surface area contributed by atoms with Crippen LogP contribution in [0.15, 0.2) is 0 Å². The molecule has 1 atom stereocenters. The fourth-order valence-corrected chi connectivity index (χ4v) is 3.42. The van der Waals surface area contributed by atoms with Crippen LogP contribution in [-0.2, 0) is 9.59 Å². The summed E-state index contributed by atoms with van der Waals surface area (Å²) in [6, 6.07) is 0. The van der Waals surface area contributed by atoms with Crippen molar-refractivity contribution in [1.82, 2.24) is 15.1 Å². The number of hydrogen-bond acceptors (Lipinski definition) is 3. The molecule has 16 heavy (non-hydrogen) atoms. The van der Waals surface area contributed by atoms with Crippen molar-refractivity contribution in [3.63, 3.8) is 0 Å². The third-order valence-electron chi connectivity index (χ3n) is 4.24. The smallest absolute Gasteiger partial charge is 0.250 e. The van der Waals surface area contributed by atoms with Gasteiger partial charge in [0.15, 0.2) is 0 Å². The molecule has 0 aromatic rings. The summed E-state index contributed by atoms with van der Waals surface area (Å²) in [6.07, 6.45) is 2.95. The van der Waals surface area contributed by atoms with Crippen LogP contribution < -0.4 is 5.32 Å². The first kappa shape index (κ1) is 10.1. The van der Waals surface area contributed by atoms with Crippen LogP contribution >= 0.6 is 0 Å². The summed E-state index contributed by atoms with van der Waals surface area (Å²) in [6.45, 7) is 1.66. The molecule has 0 radical (unpaired) electrons. The van der Waals surface area contributed by atoms with E-state index in [1.807, 2.05) is 11.9 Å². The molecule has 1 spiro atoms. The maximum Gasteiger partial charge on any atom is 0.250 e. The molecule has 3 heterocycles. The maximum absolute atomic E-state index is 12.3. The predicted molar refractivity (Wildman–Crippen MR) is 57.5 cm³/mol. The minimum Gasteiger partial charge on any atom is -0.323 e. The molecule has 3 fully saturated rings. The van der Waals surface area contributed by atoms with Crippen molar-refractivity contribution in [3.8, 4) is 0 Å². The van der Waals surface area contributed by atoms with Crippen LogP contribution in [0, 0.1) is 0 Å². The second-order valence-corrected chi connectivity index (χ2v) is 4.98. The fraction of sp³-hybridized carbons (Fsp3) is 0.818. The van der Waals surface area contributed by atoms with E-state index in [1.165, 1.54) is 0 Å². The Balaban J connectivity index is 2.02. The van der Waals surface area contributed by atoms with Crippen molar-refractivity contribution in [2.75, 3.05) is 20.1 Å². The Hall–Kier alpha value is -1.10. The van der Waals surface area contributed by atoms with E-state index in [0.717, 1.165) is 32.4 Å². The first-order valence-corrected chi connectivity index (χ1v) is 5.97. The molecule has 0 bridgehead atoms. The monoisotopic (exact) mass is 223 g/mol. The topological polar surface area (TPSA) is 52.7 Å². The number of hydrogen-bond donors (Lipinski definition) is 1. The number of nitrogens with zero attached hydrogens (tertiary/aromatic N) is 2. The molecule has 0 aliphatic carbocycles. The second kappa shape index (κ2) is 3.20. The number of likely N-dealkylation sites (N-methyl/N-ethyl adjacent to an activating group) is 1. The van der Waals surface area contributed by atoms with Gasteiger partial charge in [-0.1, -0.05) is 0 Å². The van der Waals surface area contributed by atoms with E-state index in [2.05, 4.69) is 5.32 Å². The van der Waals surface area contributed by atoms with Gasteiger partial charge in [-0.25, -0.2) is 0 Å². The Bertz CT molecular complexity index is 349. The van der Waals surface area contributed by atoms with Gasteiger partial charge in [-0.15, -0.1) is 0 Å². The van der Waals surface area contributed by atoms with E-state index >= 15 is 0 Å². The Morgan fingerprint density at radius 1 is 1.31 bits per heavy atom. The van der Waals surface area contributed by atoms with Crippen molar-refractivity contribution in [2.45, 2.75) is 37.4 Å². The van der Waals surface area contributed by atoms with E-state index < -0.39 is 5.54 Å². The summed E-state index contributed by atoms with van der Waals surface area (Å²) < 4.78 is 0. The van der Waals surface area contributed by atoms with Gasteiger partial charge in [0.1, 0.15) is 11.7 Å². The van der Waals surface area contributed by atoms with Crippen LogP contribution in [0.4, 0.5) is 0 Å². The average Bonchev–Trinajstić information content (AvgIpc) is 2.77. The number of carbonyl (C=O) groups excluding carboxylic acids is 2. The highest BCUT2D eigenvalue weighted by molar-refractivity contribution is 5.96. The largest absolute Gasteiger partial charge is 0.323 e. The highest BCUT2D eigenvalue weighted by Crippen LogP contribution is 2.42. The van der Waals surface area contributed by atoms with E-state index in [0.29, 0.717) is 6.42 Å². The Kier molecular flexibility index (Phi) is 2.01. The molecule has 1 unspecified atom stereocenters. The van der Waals surface area contributed by atoms with Crippen LogP contribution in [0.1, 0.15) is 25.7 Å². The summed E-state index contributed by atoms with van der Waals surface area (Å²) in [7, 11) is 1.83. The summed E-state index contributed by atoms with van der Waals surface area (Å²) in [4.78, 5) is 27.9. The van der Waals surface area contributed by atoms with E-state index in [9.17, 15) is 9.59 Å². The van der Waals surface area contributed by atoms with Gasteiger partial charge in [-0.05, 0) is 32.4 Å². The molecular formula is C11H17N3O2. The van der Waals surface area contributed by atoms with Gasteiger partial charge in [0.2, 0.25) is 11.8 Å². The SMILES string of the molecule is CN1C(=O)C2(CCNCC2)N2C(=O)CCC12. The van der Waals surface area contributed by atoms with Crippen LogP contribution in [-0.4, -0.2) is 53.5 Å². The van der Waals surface area contributed by atoms with Crippen molar-refractivity contribution in [2.24, 2.45) is 0 Å². The van der Waals surface area contributed by atoms with Crippen LogP contribution in [0.5, 0.6) is 0 Å². The van der Waals surface area contributed by atoms with Gasteiger partial charge in [-0.2, -0.15) is 0 Å². The highest BCUT2D eigenvalue weighted by atomic mass is 16.2. The molecule has 2 amide bonds. The van der Waals surface area contributed by atoms with Gasteiger partial charge < -0.3 is 15.1 Å². The Morgan fingerprint density at radius 2 is 2.00 bits per heavy atom. The van der Waals surface area contributed by atoms with Crippen LogP contribution in [0.2, 0.25) is 0 Å². The summed E-state index contributed by atoms with van der Waals surface area (Å²) >= 11 is 0. The molecule has 3 rings (SSSR count). The van der Waals surface area contributed by atoms with Crippen molar-refractivity contribution in [1.29, 1.82) is 0 Å². The molecule has 5 heteroatoms. The molecule has 5 nitrogen and oxygen atoms in total. The van der Waals surface area contributed by atoms with E-state index in [-0.39, 0.29) is 18.0 Å². The molecule has 88 valence electrons. The lowest BCUT2D eigenvalue weighted by molar-refractivity contribution is -0.141. The first-order valence-electron chi connectivity index (χ1n) is 5.97. The lowest BCUT2D eigenvalue weighted by atomic mass is 9.87. The third-order valence-corrected chi connectivity index (χ3v) is 4.24. The lowest BCUT2D eigenvalue weighted by Gasteiger charge is -2.38. The normalized spacial score (nSPS) is 32.7. The number of fused-ring (bicyclic) bond motifs is 2. The van der Waals surface area contributed by atoms with Gasteiger partial charge in [0, 0.05) is 13.5 Å². The minimum atomic E-state index is -0.516. The van der Waals surface area contributed by atoms with Gasteiger partial charge >= 0.3 is 0 Å². The second-order valence-electron chi connectivity index (χ2n) is 4.98. The molecule has 3 aliphatic heterocycles. The van der Waals surface area contributed by atoms with E-state index in [4.69, 9.17) is 0 Å². The van der Waals surface area contributed by atoms with Gasteiger partial charge in [0.25, 0.3) is 0 Å². The molecular weight excluding hydrogens is 206 g/mol. The summed E-state index contributed by atoms with van der Waals surface area (Å²) in [5.74, 6) is 0.302. The van der Waals surface area contributed by atoms with Crippen molar-refractivity contribution < 1.29 is 9.59 Å². The van der Waals surface area contributed by atoms with Crippen LogP contribution in [0.3, 0.4) is 0 Å². The fourth-order valence-electron chi connectivity index (χ4n) is 3.42. The average molecular weight is 223 g/mol. The number of rotatable bonds is 0. The van der Waals surface area contributed by atoms with Crippen molar-refractivity contribution in [3.05, 3.63) is 0 Å². The number of carbonyl (C=O) groups is 2. The molecule has 0 aromatic heterocycles. The Morgan fingerprint density at radius 3 is 2.69 bits per heavy atom. The van der Waals surface area contributed by atoms with Gasteiger partial charge in [-0.3, -0.25) is 9.59 Å². The molecule has 3 aliphatic rings. The standard InChI is InChI=1S/C11H17N3O2/c1-13-8-2-3-9(15)14(8)11(10(13)16)4-6-12-7-5-11/h8,12H,2-7H2,1H3. The quantitative estimate of drug-likeness (QED) is 0.604. The maximum atomic E-state index is 12.3. The van der Waals surface area contributed by atoms with E-state index in [1.54, 1.807) is 4.90 Å². The molecule has 1 N–H and O–H groups in total. The molecule has 0 saturated carbocycles. The zero-order valence-corrected chi connectivity index (χ0v) is 9.53. The zero-order valence-electron chi connectivity index (χ0n) is 9.53. The number of amides is 2. The number of nitrogens with one attached hydrogen (secondary N) is 1. The summed E-state index contributed by atoms with van der Waals surface area (Å²) in [5.41, 5.74) is -0.516. The Labute approximate surface area is 94.8 Å². The first-order chi connectivity index (χ1) is 7.67. The predicted octanol–water partition coefficient (Wildman–Crippen LogP) is -0.471. The number of piperidine rings is 1. The molecule has 0 aromatic carbocycles. The van der Waals surface area contributed by atoms with Gasteiger partial charge in [0.05, 0.1) is 0 Å². The zero-order chi connectivity index (χ0) is 11.3. The van der Waals surface area contributed by atoms with Crippen molar-refractivity contribution >= 4 is 11.8 Å². The van der Waals surface area contributed by atoms with Crippen LogP contribution in [0.25, 0.3) is 0 Å². The minimum absolute atomic E-state index is 0.0260. The summed E-state index contributed by atoms with van der Waals surface area (Å²) in [5, 5.41) is 3.26. The third kappa shape index (κ3) is 1.04. The lowest BCUT2D eigenvalue weighted by Crippen LogP contribution is -2.56.